The van der Waals surface area contributed by atoms with Crippen molar-refractivity contribution < 1.29 is 0 Å². The van der Waals surface area contributed by atoms with Crippen LogP contribution in [0.2, 0.25) is 0 Å². The van der Waals surface area contributed by atoms with Crippen LogP contribution in [-0.2, 0) is 6.54 Å². The van der Waals surface area contributed by atoms with Crippen molar-refractivity contribution in [2.75, 3.05) is 19.6 Å². The molecule has 4 aromatic rings. The molecular weight excluding hydrogens is 356 g/mol. The van der Waals surface area contributed by atoms with Crippen LogP contribution in [0.25, 0.3) is 21.8 Å². The molecule has 0 aliphatic carbocycles. The van der Waals surface area contributed by atoms with E-state index in [2.05, 4.69) is 70.1 Å². The summed E-state index contributed by atoms with van der Waals surface area (Å²) in [6, 6.07) is 23.1. The maximum absolute atomic E-state index is 4.84. The van der Waals surface area contributed by atoms with Gasteiger partial charge in [0.05, 0.1) is 11.0 Å². The van der Waals surface area contributed by atoms with E-state index in [0.29, 0.717) is 0 Å². The number of nitrogens with zero attached hydrogens (tertiary/aromatic N) is 4. The molecule has 1 saturated heterocycles. The molecule has 4 heteroatoms. The average Bonchev–Trinajstić information content (AvgIpc) is 3.14. The molecule has 4 nitrogen and oxygen atoms in total. The van der Waals surface area contributed by atoms with Gasteiger partial charge in [-0.15, -0.1) is 0 Å². The SMILES string of the molecule is C(=N\c1nc2ccccc2n1CCN1CCCCC1)/c1cccc2ccccc12. The number of imidazole rings is 1. The van der Waals surface area contributed by atoms with E-state index in [1.807, 2.05) is 12.3 Å². The van der Waals surface area contributed by atoms with Crippen LogP contribution in [0.3, 0.4) is 0 Å². The summed E-state index contributed by atoms with van der Waals surface area (Å²) in [6.07, 6.45) is 5.96. The van der Waals surface area contributed by atoms with E-state index in [4.69, 9.17) is 9.98 Å². The molecule has 1 aromatic heterocycles. The Hall–Kier alpha value is -2.98. The lowest BCUT2D eigenvalue weighted by Gasteiger charge is -2.26. The Kier molecular flexibility index (Phi) is 5.10. The lowest BCUT2D eigenvalue weighted by molar-refractivity contribution is 0.222. The second-order valence-corrected chi connectivity index (χ2v) is 7.78. The van der Waals surface area contributed by atoms with Gasteiger partial charge in [-0.05, 0) is 48.8 Å². The third kappa shape index (κ3) is 3.81. The van der Waals surface area contributed by atoms with Crippen LogP contribution in [0, 0.1) is 0 Å². The van der Waals surface area contributed by atoms with Gasteiger partial charge in [0.25, 0.3) is 0 Å². The first-order valence-corrected chi connectivity index (χ1v) is 10.6. The third-order valence-electron chi connectivity index (χ3n) is 5.87. The maximum Gasteiger partial charge on any atom is 0.230 e. The number of likely N-dealkylation sites (tertiary alicyclic amines) is 1. The van der Waals surface area contributed by atoms with E-state index >= 15 is 0 Å². The largest absolute Gasteiger partial charge is 0.307 e. The molecule has 0 spiro atoms. The van der Waals surface area contributed by atoms with Crippen molar-refractivity contribution in [3.05, 3.63) is 72.3 Å². The number of piperidine rings is 1. The van der Waals surface area contributed by atoms with E-state index in [-0.39, 0.29) is 0 Å². The molecule has 0 saturated carbocycles. The fourth-order valence-corrected chi connectivity index (χ4v) is 4.30. The highest BCUT2D eigenvalue weighted by Gasteiger charge is 2.13. The summed E-state index contributed by atoms with van der Waals surface area (Å²) in [5.41, 5.74) is 3.29. The number of fused-ring (bicyclic) bond motifs is 2. The van der Waals surface area contributed by atoms with Gasteiger partial charge >= 0.3 is 0 Å². The van der Waals surface area contributed by atoms with Crippen LogP contribution in [0.5, 0.6) is 0 Å². The molecule has 0 unspecified atom stereocenters. The van der Waals surface area contributed by atoms with Crippen LogP contribution in [0.15, 0.2) is 71.7 Å². The lowest BCUT2D eigenvalue weighted by Crippen LogP contribution is -2.32. The number of rotatable bonds is 5. The summed E-state index contributed by atoms with van der Waals surface area (Å²) in [5.74, 6) is 0.788. The van der Waals surface area contributed by atoms with Crippen LogP contribution in [0.1, 0.15) is 24.8 Å². The first-order valence-electron chi connectivity index (χ1n) is 10.6. The molecule has 0 amide bonds. The van der Waals surface area contributed by atoms with Crippen molar-refractivity contribution in [3.63, 3.8) is 0 Å². The molecule has 0 radical (unpaired) electrons. The summed E-state index contributed by atoms with van der Waals surface area (Å²) in [6.45, 7) is 4.39. The highest BCUT2D eigenvalue weighted by atomic mass is 15.2. The molecular formula is C25H26N4. The standard InChI is InChI=1S/C25H26N4/c1-6-15-28(16-7-1)17-18-29-24-14-5-4-13-23(24)27-25(29)26-19-21-11-8-10-20-9-2-3-12-22(20)21/h2-5,8-14,19H,1,6-7,15-18H2/b26-19+. The van der Waals surface area contributed by atoms with Crippen molar-refractivity contribution in [2.45, 2.75) is 25.8 Å². The van der Waals surface area contributed by atoms with Crippen molar-refractivity contribution in [1.29, 1.82) is 0 Å². The van der Waals surface area contributed by atoms with Crippen LogP contribution >= 0.6 is 0 Å². The van der Waals surface area contributed by atoms with Gasteiger partial charge in [0.15, 0.2) is 0 Å². The Morgan fingerprint density at radius 1 is 0.828 bits per heavy atom. The highest BCUT2D eigenvalue weighted by molar-refractivity contribution is 6.00. The first-order chi connectivity index (χ1) is 14.4. The monoisotopic (exact) mass is 382 g/mol. The summed E-state index contributed by atoms with van der Waals surface area (Å²) in [4.78, 5) is 12.2. The van der Waals surface area contributed by atoms with E-state index < -0.39 is 0 Å². The topological polar surface area (TPSA) is 33.4 Å². The minimum atomic E-state index is 0.788. The Morgan fingerprint density at radius 2 is 1.62 bits per heavy atom. The van der Waals surface area contributed by atoms with Crippen molar-refractivity contribution in [3.8, 4) is 0 Å². The minimum absolute atomic E-state index is 0.788. The molecule has 29 heavy (non-hydrogen) atoms. The molecule has 1 fully saturated rings. The summed E-state index contributed by atoms with van der Waals surface area (Å²) in [7, 11) is 0. The van der Waals surface area contributed by atoms with Gasteiger partial charge in [-0.1, -0.05) is 61.0 Å². The van der Waals surface area contributed by atoms with Gasteiger partial charge < -0.3 is 9.47 Å². The summed E-state index contributed by atoms with van der Waals surface area (Å²) < 4.78 is 2.27. The smallest absolute Gasteiger partial charge is 0.230 e. The van der Waals surface area contributed by atoms with Gasteiger partial charge in [0, 0.05) is 24.9 Å². The zero-order valence-corrected chi connectivity index (χ0v) is 16.7. The molecule has 3 aromatic carbocycles. The summed E-state index contributed by atoms with van der Waals surface area (Å²) in [5, 5.41) is 2.45. The number of aromatic nitrogens is 2. The number of para-hydroxylation sites is 2. The normalized spacial score (nSPS) is 15.6. The van der Waals surface area contributed by atoms with Gasteiger partial charge in [0.2, 0.25) is 5.95 Å². The van der Waals surface area contributed by atoms with Gasteiger partial charge in [-0.3, -0.25) is 0 Å². The Morgan fingerprint density at radius 3 is 2.55 bits per heavy atom. The molecule has 0 bridgehead atoms. The van der Waals surface area contributed by atoms with Crippen LogP contribution < -0.4 is 0 Å². The Balaban J connectivity index is 1.48. The molecule has 1 aliphatic heterocycles. The number of hydrogen-bond acceptors (Lipinski definition) is 3. The second kappa shape index (κ2) is 8.18. The maximum atomic E-state index is 4.84. The molecule has 2 heterocycles. The fraction of sp³-hybridized carbons (Fsp3) is 0.280. The minimum Gasteiger partial charge on any atom is -0.307 e. The molecule has 1 aliphatic rings. The van der Waals surface area contributed by atoms with E-state index in [1.54, 1.807) is 0 Å². The Labute approximate surface area is 171 Å². The number of hydrogen-bond donors (Lipinski definition) is 0. The predicted octanol–water partition coefficient (Wildman–Crippen LogP) is 5.43. The van der Waals surface area contributed by atoms with Crippen LogP contribution in [0.4, 0.5) is 5.95 Å². The van der Waals surface area contributed by atoms with E-state index in [0.717, 1.165) is 35.6 Å². The average molecular weight is 383 g/mol. The Bertz CT molecular complexity index is 1150. The number of benzene rings is 3. The van der Waals surface area contributed by atoms with Gasteiger partial charge in [-0.25, -0.2) is 9.98 Å². The molecule has 5 rings (SSSR count). The summed E-state index contributed by atoms with van der Waals surface area (Å²) >= 11 is 0. The van der Waals surface area contributed by atoms with Crippen molar-refractivity contribution in [2.24, 2.45) is 4.99 Å². The van der Waals surface area contributed by atoms with Crippen molar-refractivity contribution >= 4 is 34.0 Å². The van der Waals surface area contributed by atoms with E-state index in [9.17, 15) is 0 Å². The van der Waals surface area contributed by atoms with Gasteiger partial charge in [-0.2, -0.15) is 0 Å². The first kappa shape index (κ1) is 18.1. The van der Waals surface area contributed by atoms with Crippen molar-refractivity contribution in [1.82, 2.24) is 14.5 Å². The third-order valence-corrected chi connectivity index (χ3v) is 5.87. The van der Waals surface area contributed by atoms with E-state index in [1.165, 1.54) is 43.1 Å². The van der Waals surface area contributed by atoms with Gasteiger partial charge in [0.1, 0.15) is 0 Å². The number of aliphatic imine (C=N–C) groups is 1. The molecule has 0 N–H and O–H groups in total. The highest BCUT2D eigenvalue weighted by Crippen LogP contribution is 2.23. The second-order valence-electron chi connectivity index (χ2n) is 7.78. The fourth-order valence-electron chi connectivity index (χ4n) is 4.30. The lowest BCUT2D eigenvalue weighted by atomic mass is 10.1. The molecule has 146 valence electrons. The molecule has 0 atom stereocenters. The predicted molar refractivity (Wildman–Crippen MR) is 121 cm³/mol. The quantitative estimate of drug-likeness (QED) is 0.432. The van der Waals surface area contributed by atoms with Crippen LogP contribution in [-0.4, -0.2) is 40.3 Å². The zero-order chi connectivity index (χ0) is 19.5. The zero-order valence-electron chi connectivity index (χ0n) is 16.7.